The topological polar surface area (TPSA) is 31.0 Å². The van der Waals surface area contributed by atoms with Gasteiger partial charge in [0.15, 0.2) is 0 Å². The highest BCUT2D eigenvalue weighted by Gasteiger charge is 2.18. The van der Waals surface area contributed by atoms with Gasteiger partial charge in [0.25, 0.3) is 0 Å². The molecular weight excluding hydrogens is 284 g/mol. The number of furan rings is 1. The standard InChI is InChI=1S/C17H19ClN2O/c1-12-5-3-7-15-17(12)20(16(19-15)8-9-18)13(2)11-14-6-4-10-21-14/h3-7,10,13H,8-9,11H2,1-2H3. The summed E-state index contributed by atoms with van der Waals surface area (Å²) in [6, 6.07) is 10.5. The largest absolute Gasteiger partial charge is 0.469 e. The molecule has 1 atom stereocenters. The number of hydrogen-bond acceptors (Lipinski definition) is 2. The van der Waals surface area contributed by atoms with Gasteiger partial charge in [0.05, 0.1) is 17.3 Å². The van der Waals surface area contributed by atoms with E-state index >= 15 is 0 Å². The van der Waals surface area contributed by atoms with Gasteiger partial charge in [-0.1, -0.05) is 12.1 Å². The van der Waals surface area contributed by atoms with Crippen molar-refractivity contribution in [2.45, 2.75) is 32.7 Å². The predicted molar refractivity (Wildman–Crippen MR) is 86.0 cm³/mol. The van der Waals surface area contributed by atoms with Gasteiger partial charge in [0, 0.05) is 24.8 Å². The van der Waals surface area contributed by atoms with Crippen molar-refractivity contribution in [3.63, 3.8) is 0 Å². The van der Waals surface area contributed by atoms with Crippen LogP contribution in [0.1, 0.15) is 30.1 Å². The maximum atomic E-state index is 5.95. The van der Waals surface area contributed by atoms with E-state index in [2.05, 4.69) is 36.6 Å². The van der Waals surface area contributed by atoms with Crippen LogP contribution in [-0.4, -0.2) is 15.4 Å². The summed E-state index contributed by atoms with van der Waals surface area (Å²) in [4.78, 5) is 4.76. The zero-order valence-corrected chi connectivity index (χ0v) is 13.1. The van der Waals surface area contributed by atoms with Crippen LogP contribution >= 0.6 is 11.6 Å². The number of fused-ring (bicyclic) bond motifs is 1. The molecular formula is C17H19ClN2O. The third-order valence-electron chi connectivity index (χ3n) is 3.82. The highest BCUT2D eigenvalue weighted by molar-refractivity contribution is 6.17. The predicted octanol–water partition coefficient (Wildman–Crippen LogP) is 4.52. The summed E-state index contributed by atoms with van der Waals surface area (Å²) in [5, 5.41) is 0. The number of benzene rings is 1. The molecule has 0 amide bonds. The van der Waals surface area contributed by atoms with Gasteiger partial charge < -0.3 is 8.98 Å². The molecule has 4 heteroatoms. The minimum atomic E-state index is 0.278. The van der Waals surface area contributed by atoms with Crippen LogP contribution in [0.3, 0.4) is 0 Å². The molecule has 0 spiro atoms. The first-order valence-corrected chi connectivity index (χ1v) is 7.79. The molecule has 110 valence electrons. The molecule has 21 heavy (non-hydrogen) atoms. The van der Waals surface area contributed by atoms with Crippen molar-refractivity contribution < 1.29 is 4.42 Å². The zero-order chi connectivity index (χ0) is 14.8. The molecule has 0 N–H and O–H groups in total. The Morgan fingerprint density at radius 3 is 2.86 bits per heavy atom. The monoisotopic (exact) mass is 302 g/mol. The Kier molecular flexibility index (Phi) is 4.02. The molecule has 0 aliphatic heterocycles. The van der Waals surface area contributed by atoms with Gasteiger partial charge in [-0.05, 0) is 37.6 Å². The zero-order valence-electron chi connectivity index (χ0n) is 12.3. The summed E-state index contributed by atoms with van der Waals surface area (Å²) < 4.78 is 7.80. The van der Waals surface area contributed by atoms with Crippen LogP contribution in [-0.2, 0) is 12.8 Å². The molecule has 1 unspecified atom stereocenters. The van der Waals surface area contributed by atoms with E-state index in [0.29, 0.717) is 5.88 Å². The number of aryl methyl sites for hydroxylation is 2. The molecule has 0 bridgehead atoms. The molecule has 0 aliphatic carbocycles. The van der Waals surface area contributed by atoms with Crippen LogP contribution in [0, 0.1) is 6.92 Å². The van der Waals surface area contributed by atoms with Gasteiger partial charge in [-0.25, -0.2) is 4.98 Å². The molecule has 3 nitrogen and oxygen atoms in total. The van der Waals surface area contributed by atoms with E-state index in [0.717, 1.165) is 29.9 Å². The van der Waals surface area contributed by atoms with E-state index in [1.54, 1.807) is 6.26 Å². The van der Waals surface area contributed by atoms with E-state index in [1.165, 1.54) is 11.1 Å². The minimum absolute atomic E-state index is 0.278. The highest BCUT2D eigenvalue weighted by atomic mass is 35.5. The number of para-hydroxylation sites is 1. The molecule has 0 fully saturated rings. The van der Waals surface area contributed by atoms with Crippen LogP contribution < -0.4 is 0 Å². The number of aromatic nitrogens is 2. The van der Waals surface area contributed by atoms with Gasteiger partial charge in [-0.3, -0.25) is 0 Å². The first-order chi connectivity index (χ1) is 10.2. The Labute approximate surface area is 129 Å². The number of halogens is 1. The summed E-state index contributed by atoms with van der Waals surface area (Å²) in [7, 11) is 0. The number of rotatable bonds is 5. The molecule has 2 aromatic heterocycles. The Bertz CT molecular complexity index is 731. The summed E-state index contributed by atoms with van der Waals surface area (Å²) in [6.45, 7) is 4.33. The molecule has 0 aliphatic rings. The second-order valence-electron chi connectivity index (χ2n) is 5.41. The van der Waals surface area contributed by atoms with Gasteiger partial charge in [0.2, 0.25) is 0 Å². The molecule has 2 heterocycles. The molecule has 3 aromatic rings. The number of nitrogens with zero attached hydrogens (tertiary/aromatic N) is 2. The molecule has 0 radical (unpaired) electrons. The highest BCUT2D eigenvalue weighted by Crippen LogP contribution is 2.26. The van der Waals surface area contributed by atoms with E-state index in [9.17, 15) is 0 Å². The third-order valence-corrected chi connectivity index (χ3v) is 4.01. The Morgan fingerprint density at radius 2 is 2.14 bits per heavy atom. The lowest BCUT2D eigenvalue weighted by molar-refractivity contribution is 0.447. The quantitative estimate of drug-likeness (QED) is 0.649. The summed E-state index contributed by atoms with van der Waals surface area (Å²) >= 11 is 5.95. The average Bonchev–Trinajstić information content (AvgIpc) is 3.07. The van der Waals surface area contributed by atoms with Crippen molar-refractivity contribution >= 4 is 22.6 Å². The van der Waals surface area contributed by atoms with E-state index in [1.807, 2.05) is 12.1 Å². The Balaban J connectivity index is 2.07. The second kappa shape index (κ2) is 5.94. The maximum Gasteiger partial charge on any atom is 0.111 e. The lowest BCUT2D eigenvalue weighted by Gasteiger charge is -2.17. The van der Waals surface area contributed by atoms with Gasteiger partial charge in [-0.15, -0.1) is 11.6 Å². The number of hydrogen-bond donors (Lipinski definition) is 0. The summed E-state index contributed by atoms with van der Waals surface area (Å²) in [6.07, 6.45) is 3.35. The maximum absolute atomic E-state index is 5.95. The SMILES string of the molecule is Cc1cccc2nc(CCCl)n(C(C)Cc3ccco3)c12. The van der Waals surface area contributed by atoms with Gasteiger partial charge >= 0.3 is 0 Å². The molecule has 1 aromatic carbocycles. The van der Waals surface area contributed by atoms with Crippen molar-refractivity contribution in [1.82, 2.24) is 9.55 Å². The van der Waals surface area contributed by atoms with Crippen molar-refractivity contribution in [3.8, 4) is 0 Å². The first-order valence-electron chi connectivity index (χ1n) is 7.25. The first kappa shape index (κ1) is 14.2. The third kappa shape index (κ3) is 2.70. The van der Waals surface area contributed by atoms with E-state index in [4.69, 9.17) is 21.0 Å². The second-order valence-corrected chi connectivity index (χ2v) is 5.79. The van der Waals surface area contributed by atoms with Crippen LogP contribution in [0.4, 0.5) is 0 Å². The summed E-state index contributed by atoms with van der Waals surface area (Å²) in [5.41, 5.74) is 3.49. The van der Waals surface area contributed by atoms with Crippen molar-refractivity contribution in [2.24, 2.45) is 0 Å². The van der Waals surface area contributed by atoms with Crippen molar-refractivity contribution in [1.29, 1.82) is 0 Å². The average molecular weight is 303 g/mol. The molecule has 0 saturated heterocycles. The van der Waals surface area contributed by atoms with Crippen molar-refractivity contribution in [3.05, 3.63) is 53.7 Å². The normalized spacial score (nSPS) is 12.9. The Morgan fingerprint density at radius 1 is 1.29 bits per heavy atom. The summed E-state index contributed by atoms with van der Waals surface area (Å²) in [5.74, 6) is 2.62. The Hall–Kier alpha value is -1.74. The lowest BCUT2D eigenvalue weighted by Crippen LogP contribution is -2.12. The van der Waals surface area contributed by atoms with Crippen LogP contribution in [0.25, 0.3) is 11.0 Å². The smallest absolute Gasteiger partial charge is 0.111 e. The lowest BCUT2D eigenvalue weighted by atomic mass is 10.1. The van der Waals surface area contributed by atoms with Gasteiger partial charge in [0.1, 0.15) is 11.6 Å². The van der Waals surface area contributed by atoms with E-state index < -0.39 is 0 Å². The van der Waals surface area contributed by atoms with Crippen LogP contribution in [0.15, 0.2) is 41.0 Å². The fourth-order valence-electron chi connectivity index (χ4n) is 2.92. The molecule has 3 rings (SSSR count). The van der Waals surface area contributed by atoms with Crippen LogP contribution in [0.2, 0.25) is 0 Å². The van der Waals surface area contributed by atoms with E-state index in [-0.39, 0.29) is 6.04 Å². The van der Waals surface area contributed by atoms with Crippen LogP contribution in [0.5, 0.6) is 0 Å². The van der Waals surface area contributed by atoms with Crippen molar-refractivity contribution in [2.75, 3.05) is 5.88 Å². The molecule has 0 saturated carbocycles. The fourth-order valence-corrected chi connectivity index (χ4v) is 3.08. The minimum Gasteiger partial charge on any atom is -0.469 e. The number of imidazole rings is 1. The number of alkyl halides is 1. The van der Waals surface area contributed by atoms with Gasteiger partial charge in [-0.2, -0.15) is 0 Å². The fraction of sp³-hybridized carbons (Fsp3) is 0.353.